The van der Waals surface area contributed by atoms with Crippen molar-refractivity contribution in [3.05, 3.63) is 0 Å². The van der Waals surface area contributed by atoms with Gasteiger partial charge >= 0.3 is 0 Å². The summed E-state index contributed by atoms with van der Waals surface area (Å²) in [6, 6.07) is 0. The van der Waals surface area contributed by atoms with Gasteiger partial charge < -0.3 is 15.2 Å². The van der Waals surface area contributed by atoms with Crippen molar-refractivity contribution in [1.29, 1.82) is 0 Å². The lowest BCUT2D eigenvalue weighted by atomic mass is 10.6. The topological polar surface area (TPSA) is 41.5 Å². The lowest BCUT2D eigenvalue weighted by Crippen LogP contribution is -2.25. The quantitative estimate of drug-likeness (QED) is 0.521. The van der Waals surface area contributed by atoms with Crippen molar-refractivity contribution in [1.82, 2.24) is 5.32 Å². The van der Waals surface area contributed by atoms with Crippen molar-refractivity contribution in [3.8, 4) is 0 Å². The zero-order valence-electron chi connectivity index (χ0n) is 6.22. The van der Waals surface area contributed by atoms with Crippen LogP contribution in [-0.4, -0.2) is 44.4 Å². The minimum atomic E-state index is -2.31. The van der Waals surface area contributed by atoms with Crippen LogP contribution in [0.3, 0.4) is 0 Å². The Morgan fingerprint density at radius 1 is 1.36 bits per heavy atom. The second kappa shape index (κ2) is 7.84. The number of nitrogens with one attached hydrogen (secondary N) is 1. The Morgan fingerprint density at radius 2 is 2.09 bits per heavy atom. The molecule has 0 radical (unpaired) electrons. The third kappa shape index (κ3) is 9.74. The van der Waals surface area contributed by atoms with Crippen molar-refractivity contribution >= 4 is 0 Å². The summed E-state index contributed by atoms with van der Waals surface area (Å²) in [5, 5.41) is 10.7. The summed E-state index contributed by atoms with van der Waals surface area (Å²) < 4.78 is 27.7. The van der Waals surface area contributed by atoms with Crippen molar-refractivity contribution in [2.45, 2.75) is 6.43 Å². The van der Waals surface area contributed by atoms with Crippen molar-refractivity contribution in [2.75, 3.05) is 32.9 Å². The lowest BCUT2D eigenvalue weighted by Gasteiger charge is -2.03. The van der Waals surface area contributed by atoms with Gasteiger partial charge in [-0.05, 0) is 0 Å². The van der Waals surface area contributed by atoms with Crippen LogP contribution in [0.5, 0.6) is 0 Å². The van der Waals surface area contributed by atoms with E-state index >= 15 is 0 Å². The molecule has 0 aliphatic heterocycles. The fourth-order valence-electron chi connectivity index (χ4n) is 0.522. The first-order valence-corrected chi connectivity index (χ1v) is 3.45. The first kappa shape index (κ1) is 10.7. The van der Waals surface area contributed by atoms with Gasteiger partial charge in [0.2, 0.25) is 0 Å². The van der Waals surface area contributed by atoms with E-state index in [9.17, 15) is 8.78 Å². The highest BCUT2D eigenvalue weighted by atomic mass is 19.3. The number of rotatable bonds is 7. The van der Waals surface area contributed by atoms with Gasteiger partial charge in [-0.15, -0.1) is 0 Å². The molecule has 0 aromatic carbocycles. The fourth-order valence-corrected chi connectivity index (χ4v) is 0.522. The minimum absolute atomic E-state index is 0.0329. The van der Waals surface area contributed by atoms with E-state index < -0.39 is 6.43 Å². The molecule has 0 saturated carbocycles. The van der Waals surface area contributed by atoms with Crippen LogP contribution >= 0.6 is 0 Å². The number of halogens is 2. The number of hydrogen-bond donors (Lipinski definition) is 2. The number of alkyl halides is 2. The Bertz CT molecular complexity index is 83.0. The number of ether oxygens (including phenoxy) is 1. The zero-order chi connectivity index (χ0) is 8.53. The predicted octanol–water partition coefficient (Wildman–Crippen LogP) is -0.150. The highest BCUT2D eigenvalue weighted by Crippen LogP contribution is 1.86. The molecule has 0 heterocycles. The molecule has 0 aliphatic carbocycles. The van der Waals surface area contributed by atoms with Crippen LogP contribution in [0.15, 0.2) is 0 Å². The van der Waals surface area contributed by atoms with Crippen molar-refractivity contribution in [3.63, 3.8) is 0 Å². The first-order chi connectivity index (χ1) is 5.27. The smallest absolute Gasteiger partial charge is 0.250 e. The summed E-state index contributed by atoms with van der Waals surface area (Å²) in [6.45, 7) is 0.672. The minimum Gasteiger partial charge on any atom is -0.394 e. The average Bonchev–Trinajstić information content (AvgIpc) is 1.96. The molecule has 0 atom stereocenters. The van der Waals surface area contributed by atoms with Crippen LogP contribution in [0.4, 0.5) is 8.78 Å². The van der Waals surface area contributed by atoms with E-state index in [1.807, 2.05) is 0 Å². The summed E-state index contributed by atoms with van der Waals surface area (Å²) in [6.07, 6.45) is -2.31. The molecular weight excluding hydrogens is 156 g/mol. The van der Waals surface area contributed by atoms with E-state index in [0.29, 0.717) is 13.2 Å². The molecule has 0 amide bonds. The Balaban J connectivity index is 2.80. The SMILES string of the molecule is OCCOCCNCC(F)F. The van der Waals surface area contributed by atoms with Gasteiger partial charge in [0.25, 0.3) is 6.43 Å². The first-order valence-electron chi connectivity index (χ1n) is 3.45. The second-order valence-electron chi connectivity index (χ2n) is 1.93. The second-order valence-corrected chi connectivity index (χ2v) is 1.93. The highest BCUT2D eigenvalue weighted by molar-refractivity contribution is 4.47. The summed E-state index contributed by atoms with van der Waals surface area (Å²) >= 11 is 0. The molecule has 0 unspecified atom stereocenters. The predicted molar refractivity (Wildman–Crippen MR) is 36.8 cm³/mol. The van der Waals surface area contributed by atoms with Crippen molar-refractivity contribution in [2.24, 2.45) is 0 Å². The van der Waals surface area contributed by atoms with E-state index in [-0.39, 0.29) is 19.8 Å². The van der Waals surface area contributed by atoms with E-state index in [1.54, 1.807) is 0 Å². The Hall–Kier alpha value is -0.260. The van der Waals surface area contributed by atoms with Gasteiger partial charge in [-0.1, -0.05) is 0 Å². The number of aliphatic hydroxyl groups is 1. The molecule has 68 valence electrons. The van der Waals surface area contributed by atoms with Crippen LogP contribution in [0, 0.1) is 0 Å². The molecule has 0 saturated heterocycles. The van der Waals surface area contributed by atoms with Crippen LogP contribution in [0.2, 0.25) is 0 Å². The molecule has 11 heavy (non-hydrogen) atoms. The third-order valence-electron chi connectivity index (χ3n) is 0.957. The largest absolute Gasteiger partial charge is 0.394 e. The van der Waals surface area contributed by atoms with E-state index in [0.717, 1.165) is 0 Å². The van der Waals surface area contributed by atoms with Gasteiger partial charge in [0.15, 0.2) is 0 Å². The van der Waals surface area contributed by atoms with Gasteiger partial charge in [-0.2, -0.15) is 0 Å². The van der Waals surface area contributed by atoms with Gasteiger partial charge in [-0.3, -0.25) is 0 Å². The average molecular weight is 169 g/mol. The lowest BCUT2D eigenvalue weighted by molar-refractivity contribution is 0.0890. The summed E-state index contributed by atoms with van der Waals surface area (Å²) in [5.74, 6) is 0. The molecule has 2 N–H and O–H groups in total. The van der Waals surface area contributed by atoms with Crippen LogP contribution in [0.25, 0.3) is 0 Å². The van der Waals surface area contributed by atoms with E-state index in [1.165, 1.54) is 0 Å². The monoisotopic (exact) mass is 169 g/mol. The number of hydrogen-bond acceptors (Lipinski definition) is 3. The van der Waals surface area contributed by atoms with Crippen molar-refractivity contribution < 1.29 is 18.6 Å². The normalized spacial score (nSPS) is 10.9. The van der Waals surface area contributed by atoms with Gasteiger partial charge in [0.1, 0.15) is 0 Å². The molecule has 0 aromatic rings. The summed E-state index contributed by atoms with van der Waals surface area (Å²) in [4.78, 5) is 0. The maximum atomic E-state index is 11.5. The fraction of sp³-hybridized carbons (Fsp3) is 1.00. The van der Waals surface area contributed by atoms with Crippen LogP contribution in [-0.2, 0) is 4.74 Å². The molecule has 0 aliphatic rings. The number of aliphatic hydroxyl groups excluding tert-OH is 1. The summed E-state index contributed by atoms with van der Waals surface area (Å²) in [5.41, 5.74) is 0. The Morgan fingerprint density at radius 3 is 2.64 bits per heavy atom. The Labute approximate surface area is 64.4 Å². The maximum Gasteiger partial charge on any atom is 0.250 e. The molecule has 0 spiro atoms. The Kier molecular flexibility index (Phi) is 7.66. The molecule has 0 bridgehead atoms. The van der Waals surface area contributed by atoms with Gasteiger partial charge in [0.05, 0.1) is 26.4 Å². The zero-order valence-corrected chi connectivity index (χ0v) is 6.22. The maximum absolute atomic E-state index is 11.5. The molecule has 0 rings (SSSR count). The van der Waals surface area contributed by atoms with Crippen LogP contribution in [0.1, 0.15) is 0 Å². The molecule has 3 nitrogen and oxygen atoms in total. The van der Waals surface area contributed by atoms with E-state index in [4.69, 9.17) is 9.84 Å². The van der Waals surface area contributed by atoms with Crippen LogP contribution < -0.4 is 5.32 Å². The third-order valence-corrected chi connectivity index (χ3v) is 0.957. The molecule has 0 aromatic heterocycles. The molecule has 5 heteroatoms. The molecule has 0 fully saturated rings. The highest BCUT2D eigenvalue weighted by Gasteiger charge is 1.98. The summed E-state index contributed by atoms with van der Waals surface area (Å²) in [7, 11) is 0. The van der Waals surface area contributed by atoms with Gasteiger partial charge in [0, 0.05) is 6.54 Å². The standard InChI is InChI=1S/C6H13F2NO2/c7-6(8)5-9-1-3-11-4-2-10/h6,9-10H,1-5H2. The molecular formula is C6H13F2NO2. The van der Waals surface area contributed by atoms with E-state index in [2.05, 4.69) is 5.32 Å². The van der Waals surface area contributed by atoms with Gasteiger partial charge in [-0.25, -0.2) is 8.78 Å².